The molecule has 1 aromatic rings. The van der Waals surface area contributed by atoms with Crippen LogP contribution in [-0.4, -0.2) is 44.8 Å². The summed E-state index contributed by atoms with van der Waals surface area (Å²) in [6.45, 7) is 0. The number of carboxylic acids is 2. The lowest BCUT2D eigenvalue weighted by Crippen LogP contribution is -2.21. The van der Waals surface area contributed by atoms with Gasteiger partial charge in [0.25, 0.3) is 5.91 Å². The summed E-state index contributed by atoms with van der Waals surface area (Å²) in [5.41, 5.74) is 2.27. The number of amides is 1. The summed E-state index contributed by atoms with van der Waals surface area (Å²) >= 11 is 1.22. The highest BCUT2D eigenvalue weighted by molar-refractivity contribution is 7.99. The second kappa shape index (κ2) is 9.06. The molecular weight excluding hydrogens is 310 g/mol. The summed E-state index contributed by atoms with van der Waals surface area (Å²) in [6.07, 6.45) is 0.569. The van der Waals surface area contributed by atoms with Crippen molar-refractivity contribution in [3.63, 3.8) is 0 Å². The standard InChI is InChI=1S/C14H17NO6S/c16-12(15-21)8-22-5-4-11(14(19)20)7-9-2-1-3-10(6-9)13(17)18/h1-3,6,11,21H,4-5,7-8H2,(H,15,16)(H,17,18)(H,19,20). The molecule has 0 saturated heterocycles. The van der Waals surface area contributed by atoms with Crippen molar-refractivity contribution in [2.24, 2.45) is 5.92 Å². The average molecular weight is 327 g/mol. The number of carbonyl (C=O) groups is 3. The maximum atomic E-state index is 11.3. The van der Waals surface area contributed by atoms with Gasteiger partial charge >= 0.3 is 11.9 Å². The minimum Gasteiger partial charge on any atom is -0.481 e. The molecule has 22 heavy (non-hydrogen) atoms. The number of carbonyl (C=O) groups excluding carboxylic acids is 1. The van der Waals surface area contributed by atoms with Crippen LogP contribution in [0.3, 0.4) is 0 Å². The van der Waals surface area contributed by atoms with Crippen LogP contribution in [0.4, 0.5) is 0 Å². The Labute approximate surface area is 131 Å². The van der Waals surface area contributed by atoms with Gasteiger partial charge in [0.1, 0.15) is 0 Å². The number of hydrogen-bond donors (Lipinski definition) is 4. The van der Waals surface area contributed by atoms with Crippen LogP contribution in [0.1, 0.15) is 22.3 Å². The molecule has 120 valence electrons. The predicted molar refractivity (Wildman–Crippen MR) is 80.1 cm³/mol. The Bertz CT molecular complexity index is 548. The van der Waals surface area contributed by atoms with E-state index in [4.69, 9.17) is 10.3 Å². The lowest BCUT2D eigenvalue weighted by Gasteiger charge is -2.12. The summed E-state index contributed by atoms with van der Waals surface area (Å²) in [6, 6.07) is 6.18. The van der Waals surface area contributed by atoms with Gasteiger partial charge in [0.05, 0.1) is 17.2 Å². The first-order valence-electron chi connectivity index (χ1n) is 6.49. The fourth-order valence-electron chi connectivity index (χ4n) is 1.85. The topological polar surface area (TPSA) is 124 Å². The van der Waals surface area contributed by atoms with Crippen molar-refractivity contribution in [3.05, 3.63) is 35.4 Å². The van der Waals surface area contributed by atoms with Crippen molar-refractivity contribution in [1.82, 2.24) is 5.48 Å². The Hall–Kier alpha value is -2.06. The van der Waals surface area contributed by atoms with Gasteiger partial charge in [0.15, 0.2) is 0 Å². The van der Waals surface area contributed by atoms with Crippen LogP contribution in [0.25, 0.3) is 0 Å². The number of benzene rings is 1. The van der Waals surface area contributed by atoms with Crippen molar-refractivity contribution in [2.75, 3.05) is 11.5 Å². The molecule has 1 rings (SSSR count). The van der Waals surface area contributed by atoms with Crippen LogP contribution in [0.15, 0.2) is 24.3 Å². The van der Waals surface area contributed by atoms with Gasteiger partial charge in [0, 0.05) is 0 Å². The third kappa shape index (κ3) is 6.15. The van der Waals surface area contributed by atoms with Gasteiger partial charge < -0.3 is 10.2 Å². The summed E-state index contributed by atoms with van der Waals surface area (Å²) in [5, 5.41) is 26.5. The largest absolute Gasteiger partial charge is 0.481 e. The maximum Gasteiger partial charge on any atom is 0.335 e. The summed E-state index contributed by atoms with van der Waals surface area (Å²) in [7, 11) is 0. The predicted octanol–water partition coefficient (Wildman–Crippen LogP) is 1.26. The van der Waals surface area contributed by atoms with Crippen molar-refractivity contribution >= 4 is 29.6 Å². The number of nitrogens with one attached hydrogen (secondary N) is 1. The monoisotopic (exact) mass is 327 g/mol. The number of hydroxylamine groups is 1. The van der Waals surface area contributed by atoms with Crippen molar-refractivity contribution in [3.8, 4) is 0 Å². The molecule has 0 bridgehead atoms. The molecule has 1 atom stereocenters. The molecule has 7 nitrogen and oxygen atoms in total. The number of rotatable bonds is 9. The molecule has 8 heteroatoms. The number of aromatic carboxylic acids is 1. The first kappa shape index (κ1) is 18.0. The number of hydrogen-bond acceptors (Lipinski definition) is 5. The Balaban J connectivity index is 2.57. The molecule has 0 saturated carbocycles. The molecule has 0 radical (unpaired) electrons. The van der Waals surface area contributed by atoms with E-state index in [-0.39, 0.29) is 17.7 Å². The van der Waals surface area contributed by atoms with Gasteiger partial charge in [0.2, 0.25) is 0 Å². The highest BCUT2D eigenvalue weighted by Gasteiger charge is 2.18. The fourth-order valence-corrected chi connectivity index (χ4v) is 2.70. The van der Waals surface area contributed by atoms with Crippen molar-refractivity contribution < 1.29 is 29.8 Å². The molecule has 1 aromatic carbocycles. The van der Waals surface area contributed by atoms with E-state index in [0.29, 0.717) is 17.7 Å². The summed E-state index contributed by atoms with van der Waals surface area (Å²) < 4.78 is 0. The SMILES string of the molecule is O=C(CSCCC(Cc1cccc(C(=O)O)c1)C(=O)O)NO. The van der Waals surface area contributed by atoms with Gasteiger partial charge in [-0.15, -0.1) is 0 Å². The molecule has 0 fully saturated rings. The van der Waals surface area contributed by atoms with E-state index in [0.717, 1.165) is 0 Å². The van der Waals surface area contributed by atoms with Crippen molar-refractivity contribution in [1.29, 1.82) is 0 Å². The zero-order valence-electron chi connectivity index (χ0n) is 11.7. The first-order chi connectivity index (χ1) is 10.4. The van der Waals surface area contributed by atoms with E-state index in [2.05, 4.69) is 0 Å². The van der Waals surface area contributed by atoms with Gasteiger partial charge in [-0.3, -0.25) is 14.8 Å². The third-order valence-corrected chi connectivity index (χ3v) is 3.96. The lowest BCUT2D eigenvalue weighted by atomic mass is 9.96. The summed E-state index contributed by atoms with van der Waals surface area (Å²) in [4.78, 5) is 33.0. The van der Waals surface area contributed by atoms with E-state index in [1.54, 1.807) is 12.1 Å². The van der Waals surface area contributed by atoms with Gasteiger partial charge in [-0.05, 0) is 36.3 Å². The highest BCUT2D eigenvalue weighted by Crippen LogP contribution is 2.17. The molecule has 1 amide bonds. The highest BCUT2D eigenvalue weighted by atomic mass is 32.2. The molecule has 0 aliphatic heterocycles. The Morgan fingerprint density at radius 1 is 1.23 bits per heavy atom. The summed E-state index contributed by atoms with van der Waals surface area (Å²) in [5.74, 6) is -2.72. The zero-order valence-corrected chi connectivity index (χ0v) is 12.5. The Morgan fingerprint density at radius 2 is 1.95 bits per heavy atom. The lowest BCUT2D eigenvalue weighted by molar-refractivity contribution is -0.141. The average Bonchev–Trinajstić information content (AvgIpc) is 2.49. The minimum atomic E-state index is -1.06. The van der Waals surface area contributed by atoms with Crippen LogP contribution in [0.2, 0.25) is 0 Å². The molecule has 1 unspecified atom stereocenters. The molecule has 0 heterocycles. The van der Waals surface area contributed by atoms with Crippen LogP contribution in [0.5, 0.6) is 0 Å². The molecule has 4 N–H and O–H groups in total. The van der Waals surface area contributed by atoms with Crippen LogP contribution in [-0.2, 0) is 16.0 Å². The van der Waals surface area contributed by atoms with E-state index >= 15 is 0 Å². The molecule has 0 spiro atoms. The second-order valence-corrected chi connectivity index (χ2v) is 5.73. The Morgan fingerprint density at radius 3 is 2.55 bits per heavy atom. The van der Waals surface area contributed by atoms with Crippen LogP contribution < -0.4 is 5.48 Å². The molecular formula is C14H17NO6S. The van der Waals surface area contributed by atoms with Crippen LogP contribution >= 0.6 is 11.8 Å². The van der Waals surface area contributed by atoms with Gasteiger partial charge in [-0.2, -0.15) is 11.8 Å². The normalized spacial score (nSPS) is 11.7. The molecule has 0 aliphatic carbocycles. The first-order valence-corrected chi connectivity index (χ1v) is 7.65. The van der Waals surface area contributed by atoms with Crippen molar-refractivity contribution in [2.45, 2.75) is 12.8 Å². The minimum absolute atomic E-state index is 0.0529. The van der Waals surface area contributed by atoms with Crippen LogP contribution in [0, 0.1) is 5.92 Å². The molecule has 0 aromatic heterocycles. The third-order valence-electron chi connectivity index (χ3n) is 2.97. The van der Waals surface area contributed by atoms with Gasteiger partial charge in [-0.1, -0.05) is 12.1 Å². The van der Waals surface area contributed by atoms with E-state index in [1.807, 2.05) is 0 Å². The number of carboxylic acid groups (broad SMARTS) is 2. The Kier molecular flexibility index (Phi) is 7.41. The zero-order chi connectivity index (χ0) is 16.5. The fraction of sp³-hybridized carbons (Fsp3) is 0.357. The number of thioether (sulfide) groups is 1. The number of aliphatic carboxylic acids is 1. The van der Waals surface area contributed by atoms with E-state index < -0.39 is 23.8 Å². The van der Waals surface area contributed by atoms with E-state index in [9.17, 15) is 19.5 Å². The van der Waals surface area contributed by atoms with Gasteiger partial charge in [-0.25, -0.2) is 10.3 Å². The smallest absolute Gasteiger partial charge is 0.335 e. The molecule has 0 aliphatic rings. The maximum absolute atomic E-state index is 11.3. The van der Waals surface area contributed by atoms with E-state index in [1.165, 1.54) is 29.4 Å². The second-order valence-electron chi connectivity index (χ2n) is 4.62. The quantitative estimate of drug-likeness (QED) is 0.306.